The highest BCUT2D eigenvalue weighted by atomic mass is 16.1. The summed E-state index contributed by atoms with van der Waals surface area (Å²) >= 11 is 0. The predicted octanol–water partition coefficient (Wildman–Crippen LogP) is 2.72. The SMILES string of the molecule is CCn1nc(CC(C)(C#N)C(C)=O)c2ccccc21. The van der Waals surface area contributed by atoms with Gasteiger partial charge in [0.15, 0.2) is 0 Å². The molecule has 2 rings (SSSR count). The first-order valence-electron chi connectivity index (χ1n) is 6.38. The van der Waals surface area contributed by atoms with E-state index in [4.69, 9.17) is 0 Å². The fourth-order valence-electron chi connectivity index (χ4n) is 2.15. The Morgan fingerprint density at radius 3 is 2.74 bits per heavy atom. The summed E-state index contributed by atoms with van der Waals surface area (Å²) in [5.74, 6) is -0.120. The average Bonchev–Trinajstić information content (AvgIpc) is 2.76. The molecule has 0 aliphatic carbocycles. The number of hydrogen-bond acceptors (Lipinski definition) is 3. The molecule has 0 fully saturated rings. The Labute approximate surface area is 112 Å². The lowest BCUT2D eigenvalue weighted by Gasteiger charge is -2.16. The van der Waals surface area contributed by atoms with E-state index < -0.39 is 5.41 Å². The summed E-state index contributed by atoms with van der Waals surface area (Å²) < 4.78 is 1.91. The van der Waals surface area contributed by atoms with Crippen molar-refractivity contribution in [1.82, 2.24) is 9.78 Å². The van der Waals surface area contributed by atoms with E-state index in [0.717, 1.165) is 23.1 Å². The minimum atomic E-state index is -1.00. The number of nitrogens with zero attached hydrogens (tertiary/aromatic N) is 3. The molecule has 0 bridgehead atoms. The smallest absolute Gasteiger partial charge is 0.150 e. The molecule has 0 saturated carbocycles. The van der Waals surface area contributed by atoms with Gasteiger partial charge >= 0.3 is 0 Å². The topological polar surface area (TPSA) is 58.7 Å². The molecule has 1 aromatic carbocycles. The van der Waals surface area contributed by atoms with E-state index in [1.807, 2.05) is 35.9 Å². The minimum Gasteiger partial charge on any atom is -0.298 e. The molecule has 1 unspecified atom stereocenters. The van der Waals surface area contributed by atoms with Gasteiger partial charge in [0.1, 0.15) is 11.2 Å². The minimum absolute atomic E-state index is 0.120. The van der Waals surface area contributed by atoms with E-state index in [1.165, 1.54) is 6.92 Å². The Morgan fingerprint density at radius 2 is 2.16 bits per heavy atom. The molecule has 0 N–H and O–H groups in total. The third-order valence-electron chi connectivity index (χ3n) is 3.58. The molecular weight excluding hydrogens is 238 g/mol. The Morgan fingerprint density at radius 1 is 1.47 bits per heavy atom. The number of para-hydroxylation sites is 1. The number of carbonyl (C=O) groups excluding carboxylic acids is 1. The zero-order valence-electron chi connectivity index (χ0n) is 11.5. The third-order valence-corrected chi connectivity index (χ3v) is 3.58. The molecule has 4 nitrogen and oxygen atoms in total. The number of Topliss-reactive ketones (excluding diaryl/α,β-unsaturated/α-hetero) is 1. The number of benzene rings is 1. The van der Waals surface area contributed by atoms with Crippen LogP contribution in [0.15, 0.2) is 24.3 Å². The molecule has 0 aliphatic rings. The van der Waals surface area contributed by atoms with Crippen molar-refractivity contribution in [2.24, 2.45) is 5.41 Å². The Bertz CT molecular complexity index is 666. The Balaban J connectivity index is 2.53. The lowest BCUT2D eigenvalue weighted by atomic mass is 9.83. The maximum absolute atomic E-state index is 11.7. The monoisotopic (exact) mass is 255 g/mol. The molecule has 2 aromatic rings. The number of hydrogen-bond donors (Lipinski definition) is 0. The van der Waals surface area contributed by atoms with Gasteiger partial charge in [0.25, 0.3) is 0 Å². The Kier molecular flexibility index (Phi) is 3.39. The highest BCUT2D eigenvalue weighted by molar-refractivity contribution is 5.87. The number of aryl methyl sites for hydroxylation is 1. The van der Waals surface area contributed by atoms with Crippen LogP contribution in [-0.4, -0.2) is 15.6 Å². The van der Waals surface area contributed by atoms with Gasteiger partial charge in [-0.1, -0.05) is 18.2 Å². The molecule has 1 aromatic heterocycles. The predicted molar refractivity (Wildman–Crippen MR) is 73.5 cm³/mol. The average molecular weight is 255 g/mol. The van der Waals surface area contributed by atoms with Crippen molar-refractivity contribution >= 4 is 16.7 Å². The first-order valence-corrected chi connectivity index (χ1v) is 6.38. The molecule has 0 aliphatic heterocycles. The third kappa shape index (κ3) is 2.24. The summed E-state index contributed by atoms with van der Waals surface area (Å²) in [5, 5.41) is 14.8. The van der Waals surface area contributed by atoms with Crippen molar-refractivity contribution in [3.8, 4) is 6.07 Å². The zero-order valence-corrected chi connectivity index (χ0v) is 11.5. The second-order valence-corrected chi connectivity index (χ2v) is 4.96. The van der Waals surface area contributed by atoms with Gasteiger partial charge in [-0.3, -0.25) is 9.48 Å². The van der Waals surface area contributed by atoms with Gasteiger partial charge < -0.3 is 0 Å². The van der Waals surface area contributed by atoms with Crippen LogP contribution in [0.25, 0.3) is 10.9 Å². The summed E-state index contributed by atoms with van der Waals surface area (Å²) in [6, 6.07) is 10.0. The normalized spacial score (nSPS) is 14.0. The van der Waals surface area contributed by atoms with Gasteiger partial charge in [-0.2, -0.15) is 10.4 Å². The van der Waals surface area contributed by atoms with Crippen molar-refractivity contribution in [2.75, 3.05) is 0 Å². The molecule has 19 heavy (non-hydrogen) atoms. The van der Waals surface area contributed by atoms with Crippen LogP contribution in [0.1, 0.15) is 26.5 Å². The van der Waals surface area contributed by atoms with Gasteiger partial charge in [-0.25, -0.2) is 0 Å². The first kappa shape index (κ1) is 13.3. The molecule has 0 radical (unpaired) electrons. The second-order valence-electron chi connectivity index (χ2n) is 4.96. The van der Waals surface area contributed by atoms with Gasteiger partial charge in [-0.05, 0) is 26.8 Å². The maximum Gasteiger partial charge on any atom is 0.150 e. The summed E-state index contributed by atoms with van der Waals surface area (Å²) in [7, 11) is 0. The number of fused-ring (bicyclic) bond motifs is 1. The summed E-state index contributed by atoms with van der Waals surface area (Å²) in [6.45, 7) is 5.93. The van der Waals surface area contributed by atoms with E-state index in [9.17, 15) is 10.1 Å². The van der Waals surface area contributed by atoms with Gasteiger partial charge in [0.2, 0.25) is 0 Å². The van der Waals surface area contributed by atoms with Crippen molar-refractivity contribution < 1.29 is 4.79 Å². The van der Waals surface area contributed by atoms with Gasteiger partial charge in [0, 0.05) is 18.4 Å². The van der Waals surface area contributed by atoms with Crippen molar-refractivity contribution in [1.29, 1.82) is 5.26 Å². The quantitative estimate of drug-likeness (QED) is 0.844. The van der Waals surface area contributed by atoms with Crippen LogP contribution in [0.5, 0.6) is 0 Å². The first-order chi connectivity index (χ1) is 9.01. The van der Waals surface area contributed by atoms with Crippen LogP contribution in [0.2, 0.25) is 0 Å². The van der Waals surface area contributed by atoms with Crippen LogP contribution in [0.3, 0.4) is 0 Å². The van der Waals surface area contributed by atoms with E-state index in [1.54, 1.807) is 6.92 Å². The van der Waals surface area contributed by atoms with E-state index in [-0.39, 0.29) is 5.78 Å². The second kappa shape index (κ2) is 4.85. The Hall–Kier alpha value is -2.15. The number of ketones is 1. The van der Waals surface area contributed by atoms with Crippen LogP contribution in [-0.2, 0) is 17.8 Å². The van der Waals surface area contributed by atoms with Crippen molar-refractivity contribution in [3.05, 3.63) is 30.0 Å². The van der Waals surface area contributed by atoms with Crippen LogP contribution in [0, 0.1) is 16.7 Å². The van der Waals surface area contributed by atoms with Crippen LogP contribution >= 0.6 is 0 Å². The van der Waals surface area contributed by atoms with E-state index in [0.29, 0.717) is 6.42 Å². The molecular formula is C15H17N3O. The van der Waals surface area contributed by atoms with Crippen LogP contribution < -0.4 is 0 Å². The molecule has 0 amide bonds. The van der Waals surface area contributed by atoms with Gasteiger partial charge in [-0.15, -0.1) is 0 Å². The lowest BCUT2D eigenvalue weighted by molar-refractivity contribution is -0.123. The number of carbonyl (C=O) groups is 1. The standard InChI is InChI=1S/C15H17N3O/c1-4-18-14-8-6-5-7-12(14)13(17-18)9-15(3,10-16)11(2)19/h5-8H,4,9H2,1-3H3. The molecule has 0 spiro atoms. The molecule has 1 atom stereocenters. The van der Waals surface area contributed by atoms with E-state index in [2.05, 4.69) is 11.2 Å². The molecule has 4 heteroatoms. The molecule has 1 heterocycles. The van der Waals surface area contributed by atoms with E-state index >= 15 is 0 Å². The highest BCUT2D eigenvalue weighted by Crippen LogP contribution is 2.27. The van der Waals surface area contributed by atoms with Crippen molar-refractivity contribution in [3.63, 3.8) is 0 Å². The fraction of sp³-hybridized carbons (Fsp3) is 0.400. The highest BCUT2D eigenvalue weighted by Gasteiger charge is 2.32. The number of rotatable bonds is 4. The summed E-state index contributed by atoms with van der Waals surface area (Å²) in [5.41, 5.74) is 0.857. The molecule has 98 valence electrons. The van der Waals surface area contributed by atoms with Gasteiger partial charge in [0.05, 0.1) is 17.3 Å². The number of nitriles is 1. The molecule has 0 saturated heterocycles. The summed E-state index contributed by atoms with van der Waals surface area (Å²) in [4.78, 5) is 11.7. The maximum atomic E-state index is 11.7. The summed E-state index contributed by atoms with van der Waals surface area (Å²) in [6.07, 6.45) is 0.354. The number of aromatic nitrogens is 2. The largest absolute Gasteiger partial charge is 0.298 e. The van der Waals surface area contributed by atoms with Crippen LogP contribution in [0.4, 0.5) is 0 Å². The fourth-order valence-corrected chi connectivity index (χ4v) is 2.15. The lowest BCUT2D eigenvalue weighted by Crippen LogP contribution is -2.26. The van der Waals surface area contributed by atoms with Crippen molar-refractivity contribution in [2.45, 2.75) is 33.7 Å². The zero-order chi connectivity index (χ0) is 14.0.